The minimum absolute atomic E-state index is 0.279. The van der Waals surface area contributed by atoms with Crippen molar-refractivity contribution in [3.05, 3.63) is 40.6 Å². The number of hydrogen-bond donors (Lipinski definition) is 1. The Bertz CT molecular complexity index is 418. The highest BCUT2D eigenvalue weighted by atomic mass is 79.9. The molecular weight excluding hydrogens is 285 g/mol. The zero-order chi connectivity index (χ0) is 12.3. The van der Waals surface area contributed by atoms with E-state index in [1.807, 2.05) is 0 Å². The summed E-state index contributed by atoms with van der Waals surface area (Å²) in [5.41, 5.74) is 0.994. The Kier molecular flexibility index (Phi) is 4.18. The molecule has 0 aromatic heterocycles. The summed E-state index contributed by atoms with van der Waals surface area (Å²) in [6, 6.07) is 5.05. The Balaban J connectivity index is 1.77. The van der Waals surface area contributed by atoms with Gasteiger partial charge in [0.05, 0.1) is 4.47 Å². The molecule has 0 amide bonds. The second-order valence-corrected chi connectivity index (χ2v) is 5.12. The third-order valence-electron chi connectivity index (χ3n) is 2.54. The van der Waals surface area contributed by atoms with Crippen molar-refractivity contribution in [2.75, 3.05) is 13.2 Å². The molecule has 1 aromatic rings. The van der Waals surface area contributed by atoms with Crippen LogP contribution in [-0.4, -0.2) is 19.2 Å². The molecule has 0 aliphatic heterocycles. The second kappa shape index (κ2) is 5.65. The van der Waals surface area contributed by atoms with Crippen molar-refractivity contribution in [3.8, 4) is 5.75 Å². The van der Waals surface area contributed by atoms with Crippen LogP contribution in [0.1, 0.15) is 12.8 Å². The first-order valence-corrected chi connectivity index (χ1v) is 6.42. The normalized spacial score (nSPS) is 14.7. The van der Waals surface area contributed by atoms with Gasteiger partial charge < -0.3 is 10.1 Å². The molecule has 0 atom stereocenters. The third-order valence-corrected chi connectivity index (χ3v) is 3.16. The smallest absolute Gasteiger partial charge is 0.134 e. The van der Waals surface area contributed by atoms with E-state index in [-0.39, 0.29) is 5.82 Å². The van der Waals surface area contributed by atoms with Crippen molar-refractivity contribution >= 4 is 15.9 Å². The summed E-state index contributed by atoms with van der Waals surface area (Å²) in [4.78, 5) is 0. The van der Waals surface area contributed by atoms with E-state index in [2.05, 4.69) is 27.8 Å². The van der Waals surface area contributed by atoms with Crippen molar-refractivity contribution in [3.63, 3.8) is 0 Å². The average molecular weight is 300 g/mol. The maximum atomic E-state index is 12.8. The first kappa shape index (κ1) is 12.6. The Morgan fingerprint density at radius 3 is 2.94 bits per heavy atom. The van der Waals surface area contributed by atoms with Crippen LogP contribution in [0.3, 0.4) is 0 Å². The van der Waals surface area contributed by atoms with Crippen LogP contribution in [0.2, 0.25) is 0 Å². The summed E-state index contributed by atoms with van der Waals surface area (Å²) >= 11 is 3.26. The van der Waals surface area contributed by atoms with E-state index in [4.69, 9.17) is 4.74 Å². The molecule has 1 fully saturated rings. The number of halogens is 2. The Morgan fingerprint density at radius 1 is 1.53 bits per heavy atom. The van der Waals surface area contributed by atoms with Crippen molar-refractivity contribution < 1.29 is 9.13 Å². The monoisotopic (exact) mass is 299 g/mol. The van der Waals surface area contributed by atoms with Gasteiger partial charge in [0.25, 0.3) is 0 Å². The molecule has 1 aliphatic rings. The van der Waals surface area contributed by atoms with Crippen LogP contribution in [0.4, 0.5) is 4.39 Å². The molecule has 1 aromatic carbocycles. The molecule has 0 unspecified atom stereocenters. The third kappa shape index (κ3) is 4.13. The topological polar surface area (TPSA) is 21.3 Å². The highest BCUT2D eigenvalue weighted by molar-refractivity contribution is 9.10. The van der Waals surface area contributed by atoms with Crippen LogP contribution in [0.15, 0.2) is 34.8 Å². The van der Waals surface area contributed by atoms with Gasteiger partial charge in [-0.25, -0.2) is 4.39 Å². The first-order valence-electron chi connectivity index (χ1n) is 5.63. The summed E-state index contributed by atoms with van der Waals surface area (Å²) in [5.74, 6) is 0.359. The zero-order valence-electron chi connectivity index (χ0n) is 9.51. The van der Waals surface area contributed by atoms with E-state index in [0.717, 1.165) is 12.1 Å². The lowest BCUT2D eigenvalue weighted by Crippen LogP contribution is -2.21. The van der Waals surface area contributed by atoms with E-state index in [1.54, 1.807) is 6.07 Å². The molecule has 2 nitrogen and oxygen atoms in total. The predicted molar refractivity (Wildman–Crippen MR) is 69.8 cm³/mol. The quantitative estimate of drug-likeness (QED) is 0.814. The van der Waals surface area contributed by atoms with Gasteiger partial charge >= 0.3 is 0 Å². The van der Waals surface area contributed by atoms with E-state index < -0.39 is 0 Å². The van der Waals surface area contributed by atoms with Crippen LogP contribution < -0.4 is 10.1 Å². The van der Waals surface area contributed by atoms with Gasteiger partial charge in [-0.05, 0) is 52.5 Å². The first-order chi connectivity index (χ1) is 8.15. The van der Waals surface area contributed by atoms with Gasteiger partial charge in [0, 0.05) is 12.6 Å². The van der Waals surface area contributed by atoms with Crippen LogP contribution in [0.25, 0.3) is 0 Å². The van der Waals surface area contributed by atoms with Crippen LogP contribution in [0.5, 0.6) is 5.75 Å². The molecule has 2 rings (SSSR count). The second-order valence-electron chi connectivity index (χ2n) is 4.27. The van der Waals surface area contributed by atoms with Gasteiger partial charge in [0.1, 0.15) is 18.2 Å². The maximum absolute atomic E-state index is 12.8. The number of ether oxygens (including phenoxy) is 1. The molecule has 1 aliphatic carbocycles. The summed E-state index contributed by atoms with van der Waals surface area (Å²) < 4.78 is 19.0. The lowest BCUT2D eigenvalue weighted by molar-refractivity contribution is 0.345. The fourth-order valence-corrected chi connectivity index (χ4v) is 1.86. The zero-order valence-corrected chi connectivity index (χ0v) is 11.1. The highest BCUT2D eigenvalue weighted by Crippen LogP contribution is 2.25. The van der Waals surface area contributed by atoms with Gasteiger partial charge in [-0.3, -0.25) is 0 Å². The number of hydrogen-bond acceptors (Lipinski definition) is 2. The van der Waals surface area contributed by atoms with Crippen molar-refractivity contribution in [2.24, 2.45) is 0 Å². The maximum Gasteiger partial charge on any atom is 0.134 e. The lowest BCUT2D eigenvalue weighted by atomic mass is 10.3. The fraction of sp³-hybridized carbons (Fsp3) is 0.385. The standard InChI is InChI=1S/C13H15BrFNO/c1-9(7-16-11-3-4-11)8-17-13-5-2-10(15)6-12(13)14/h2,5-6,11,16H,1,3-4,7-8H2. The Labute approximate surface area is 109 Å². The highest BCUT2D eigenvalue weighted by Gasteiger charge is 2.20. The van der Waals surface area contributed by atoms with E-state index in [9.17, 15) is 4.39 Å². The predicted octanol–water partition coefficient (Wildman–Crippen LogP) is 3.28. The fourth-order valence-electron chi connectivity index (χ4n) is 1.40. The largest absolute Gasteiger partial charge is 0.488 e. The molecule has 1 N–H and O–H groups in total. The molecule has 4 heteroatoms. The minimum atomic E-state index is -0.279. The van der Waals surface area contributed by atoms with Crippen molar-refractivity contribution in [1.29, 1.82) is 0 Å². The summed E-state index contributed by atoms with van der Waals surface area (Å²) in [6.45, 7) is 5.17. The van der Waals surface area contributed by atoms with Crippen molar-refractivity contribution in [1.82, 2.24) is 5.32 Å². The number of benzene rings is 1. The number of nitrogens with one attached hydrogen (secondary N) is 1. The molecule has 1 saturated carbocycles. The van der Waals surface area contributed by atoms with E-state index >= 15 is 0 Å². The Hall–Kier alpha value is -0.870. The van der Waals surface area contributed by atoms with E-state index in [0.29, 0.717) is 22.9 Å². The average Bonchev–Trinajstić information content (AvgIpc) is 3.09. The molecule has 92 valence electrons. The molecule has 0 heterocycles. The van der Waals surface area contributed by atoms with Gasteiger partial charge in [-0.2, -0.15) is 0 Å². The van der Waals surface area contributed by atoms with Crippen LogP contribution >= 0.6 is 15.9 Å². The van der Waals surface area contributed by atoms with Crippen LogP contribution in [0, 0.1) is 5.82 Å². The molecule has 17 heavy (non-hydrogen) atoms. The van der Waals surface area contributed by atoms with Gasteiger partial charge in [0.2, 0.25) is 0 Å². The van der Waals surface area contributed by atoms with Gasteiger partial charge in [-0.15, -0.1) is 0 Å². The number of rotatable bonds is 6. The van der Waals surface area contributed by atoms with Crippen LogP contribution in [-0.2, 0) is 0 Å². The molecular formula is C13H15BrFNO. The lowest BCUT2D eigenvalue weighted by Gasteiger charge is -2.10. The summed E-state index contributed by atoms with van der Waals surface area (Å²) in [7, 11) is 0. The van der Waals surface area contributed by atoms with Crippen molar-refractivity contribution in [2.45, 2.75) is 18.9 Å². The van der Waals surface area contributed by atoms with E-state index in [1.165, 1.54) is 25.0 Å². The van der Waals surface area contributed by atoms with Gasteiger partial charge in [-0.1, -0.05) is 6.58 Å². The SMILES string of the molecule is C=C(CNC1CC1)COc1ccc(F)cc1Br. The molecule has 0 saturated heterocycles. The molecule has 0 bridgehead atoms. The molecule has 0 radical (unpaired) electrons. The Morgan fingerprint density at radius 2 is 2.29 bits per heavy atom. The minimum Gasteiger partial charge on any atom is -0.488 e. The summed E-state index contributed by atoms with van der Waals surface area (Å²) in [5, 5.41) is 3.37. The van der Waals surface area contributed by atoms with Gasteiger partial charge in [0.15, 0.2) is 0 Å². The summed E-state index contributed by atoms with van der Waals surface area (Å²) in [6.07, 6.45) is 2.52. The molecule has 0 spiro atoms.